The molecule has 17 heavy (non-hydrogen) atoms. The summed E-state index contributed by atoms with van der Waals surface area (Å²) in [5, 5.41) is 12.2. The van der Waals surface area contributed by atoms with E-state index in [1.165, 1.54) is 23.6 Å². The average molecular weight is 233 g/mol. The Bertz CT molecular complexity index is 440. The smallest absolute Gasteiger partial charge is 0.249 e. The molecule has 3 heteroatoms. The van der Waals surface area contributed by atoms with E-state index in [1.807, 2.05) is 0 Å². The van der Waals surface area contributed by atoms with Crippen molar-refractivity contribution in [1.82, 2.24) is 5.32 Å². The lowest BCUT2D eigenvalue weighted by molar-refractivity contribution is -0.129. The van der Waals surface area contributed by atoms with Crippen molar-refractivity contribution in [2.75, 3.05) is 0 Å². The zero-order valence-electron chi connectivity index (χ0n) is 10.5. The summed E-state index contributed by atoms with van der Waals surface area (Å²) in [5.74, 6) is 0.0886. The van der Waals surface area contributed by atoms with Gasteiger partial charge < -0.3 is 10.4 Å². The highest BCUT2D eigenvalue weighted by molar-refractivity contribution is 5.80. The monoisotopic (exact) mass is 233 g/mol. The van der Waals surface area contributed by atoms with Crippen LogP contribution in [0.25, 0.3) is 0 Å². The molecular weight excluding hydrogens is 214 g/mol. The van der Waals surface area contributed by atoms with Crippen molar-refractivity contribution < 1.29 is 9.90 Å². The van der Waals surface area contributed by atoms with Gasteiger partial charge >= 0.3 is 0 Å². The van der Waals surface area contributed by atoms with Crippen LogP contribution in [0, 0.1) is 12.8 Å². The van der Waals surface area contributed by atoms with Crippen LogP contribution in [0.4, 0.5) is 0 Å². The Morgan fingerprint density at radius 3 is 2.88 bits per heavy atom. The molecule has 0 aliphatic heterocycles. The van der Waals surface area contributed by atoms with E-state index in [0.717, 1.165) is 6.42 Å². The van der Waals surface area contributed by atoms with Gasteiger partial charge in [-0.1, -0.05) is 30.7 Å². The normalized spacial score (nSPS) is 24.2. The second-order valence-corrected chi connectivity index (χ2v) is 5.05. The molecular formula is C14H19NO2. The molecule has 0 fully saturated rings. The second-order valence-electron chi connectivity index (χ2n) is 5.05. The molecule has 3 atom stereocenters. The molecule has 1 aromatic rings. The summed E-state index contributed by atoms with van der Waals surface area (Å²) >= 11 is 0. The fourth-order valence-electron chi connectivity index (χ4n) is 2.45. The molecule has 1 aliphatic carbocycles. The Labute approximate surface area is 102 Å². The van der Waals surface area contributed by atoms with E-state index < -0.39 is 6.10 Å². The van der Waals surface area contributed by atoms with Crippen molar-refractivity contribution in [1.29, 1.82) is 0 Å². The maximum absolute atomic E-state index is 11.6. The molecule has 0 aromatic heterocycles. The lowest BCUT2D eigenvalue weighted by Gasteiger charge is -2.20. The summed E-state index contributed by atoms with van der Waals surface area (Å²) in [6.45, 7) is 5.67. The van der Waals surface area contributed by atoms with Gasteiger partial charge in [-0.3, -0.25) is 4.79 Å². The van der Waals surface area contributed by atoms with Crippen molar-refractivity contribution in [3.63, 3.8) is 0 Å². The Kier molecular flexibility index (Phi) is 3.20. The first-order chi connectivity index (χ1) is 7.99. The number of rotatable bonds is 2. The first-order valence-electron chi connectivity index (χ1n) is 6.07. The van der Waals surface area contributed by atoms with Crippen molar-refractivity contribution in [2.24, 2.45) is 5.92 Å². The molecule has 2 N–H and O–H groups in total. The first kappa shape index (κ1) is 12.1. The number of benzene rings is 1. The van der Waals surface area contributed by atoms with Crippen LogP contribution in [0.5, 0.6) is 0 Å². The quantitative estimate of drug-likeness (QED) is 0.817. The summed E-state index contributed by atoms with van der Waals surface area (Å²) in [6.07, 6.45) is 0.0384. The van der Waals surface area contributed by atoms with Gasteiger partial charge in [-0.2, -0.15) is 0 Å². The van der Waals surface area contributed by atoms with Gasteiger partial charge in [0.1, 0.15) is 6.10 Å². The van der Waals surface area contributed by atoms with Crippen LogP contribution in [0.2, 0.25) is 0 Å². The van der Waals surface area contributed by atoms with E-state index in [1.54, 1.807) is 0 Å². The molecule has 3 nitrogen and oxygen atoms in total. The minimum Gasteiger partial charge on any atom is -0.384 e. The third-order valence-corrected chi connectivity index (χ3v) is 3.42. The number of hydrogen-bond donors (Lipinski definition) is 2. The standard InChI is InChI=1S/C14H19NO2/c1-8-4-5-11-7-9(2)13(12(11)6-8)15-14(17)10(3)16/h4-6,9-10,13,16H,7H2,1-3H3,(H,15,17)/t9-,10+,13-/m1/s1. The van der Waals surface area contributed by atoms with Crippen LogP contribution in [-0.2, 0) is 11.2 Å². The number of hydrogen-bond acceptors (Lipinski definition) is 2. The lowest BCUT2D eigenvalue weighted by atomic mass is 10.0. The molecule has 92 valence electrons. The van der Waals surface area contributed by atoms with Gasteiger partial charge in [0, 0.05) is 0 Å². The molecule has 2 rings (SSSR count). The molecule has 0 saturated carbocycles. The highest BCUT2D eigenvalue weighted by atomic mass is 16.3. The number of fused-ring (bicyclic) bond motifs is 1. The van der Waals surface area contributed by atoms with E-state index in [9.17, 15) is 9.90 Å². The average Bonchev–Trinajstić information content (AvgIpc) is 2.55. The summed E-state index contributed by atoms with van der Waals surface area (Å²) < 4.78 is 0. The van der Waals surface area contributed by atoms with Crippen LogP contribution >= 0.6 is 0 Å². The predicted molar refractivity (Wildman–Crippen MR) is 66.6 cm³/mol. The number of nitrogens with one attached hydrogen (secondary N) is 1. The van der Waals surface area contributed by atoms with Crippen LogP contribution < -0.4 is 5.32 Å². The van der Waals surface area contributed by atoms with E-state index in [2.05, 4.69) is 37.4 Å². The second kappa shape index (κ2) is 4.49. The summed E-state index contributed by atoms with van der Waals surface area (Å²) in [5.41, 5.74) is 3.71. The summed E-state index contributed by atoms with van der Waals surface area (Å²) in [6, 6.07) is 6.40. The summed E-state index contributed by atoms with van der Waals surface area (Å²) in [4.78, 5) is 11.6. The summed E-state index contributed by atoms with van der Waals surface area (Å²) in [7, 11) is 0. The fraction of sp³-hybridized carbons (Fsp3) is 0.500. The Balaban J connectivity index is 2.25. The van der Waals surface area contributed by atoms with E-state index >= 15 is 0 Å². The molecule has 1 aliphatic rings. The van der Waals surface area contributed by atoms with Gasteiger partial charge in [0.05, 0.1) is 6.04 Å². The third kappa shape index (κ3) is 2.34. The highest BCUT2D eigenvalue weighted by Gasteiger charge is 2.31. The zero-order chi connectivity index (χ0) is 12.6. The van der Waals surface area contributed by atoms with E-state index in [4.69, 9.17) is 0 Å². The van der Waals surface area contributed by atoms with Gasteiger partial charge in [-0.25, -0.2) is 0 Å². The van der Waals surface area contributed by atoms with Gasteiger partial charge in [0.2, 0.25) is 5.91 Å². The third-order valence-electron chi connectivity index (χ3n) is 3.42. The lowest BCUT2D eigenvalue weighted by Crippen LogP contribution is -2.36. The van der Waals surface area contributed by atoms with Crippen LogP contribution in [-0.4, -0.2) is 17.1 Å². The highest BCUT2D eigenvalue weighted by Crippen LogP contribution is 2.36. The number of aliphatic hydroxyl groups is 1. The Hall–Kier alpha value is -1.35. The van der Waals surface area contributed by atoms with E-state index in [-0.39, 0.29) is 11.9 Å². The number of carbonyl (C=O) groups excluding carboxylic acids is 1. The number of carbonyl (C=O) groups is 1. The first-order valence-corrected chi connectivity index (χ1v) is 6.07. The van der Waals surface area contributed by atoms with Gasteiger partial charge in [0.25, 0.3) is 0 Å². The minimum atomic E-state index is -0.948. The number of aliphatic hydroxyl groups excluding tert-OH is 1. The van der Waals surface area contributed by atoms with Crippen molar-refractivity contribution >= 4 is 5.91 Å². The molecule has 1 amide bonds. The largest absolute Gasteiger partial charge is 0.384 e. The van der Waals surface area contributed by atoms with Crippen LogP contribution in [0.3, 0.4) is 0 Å². The SMILES string of the molecule is Cc1ccc2c(c1)[C@H](NC(=O)[C@H](C)O)[C@H](C)C2. The van der Waals surface area contributed by atoms with Crippen LogP contribution in [0.1, 0.15) is 36.6 Å². The molecule has 0 bridgehead atoms. The van der Waals surface area contributed by atoms with Crippen molar-refractivity contribution in [2.45, 2.75) is 39.3 Å². The predicted octanol–water partition coefficient (Wildman–Crippen LogP) is 1.73. The number of amides is 1. The molecule has 0 heterocycles. The zero-order valence-corrected chi connectivity index (χ0v) is 10.5. The molecule has 0 unspecified atom stereocenters. The van der Waals surface area contributed by atoms with E-state index in [0.29, 0.717) is 5.92 Å². The maximum Gasteiger partial charge on any atom is 0.249 e. The molecule has 0 saturated heterocycles. The maximum atomic E-state index is 11.6. The van der Waals surface area contributed by atoms with Crippen molar-refractivity contribution in [3.8, 4) is 0 Å². The van der Waals surface area contributed by atoms with Crippen LogP contribution in [0.15, 0.2) is 18.2 Å². The topological polar surface area (TPSA) is 49.3 Å². The minimum absolute atomic E-state index is 0.0343. The Morgan fingerprint density at radius 2 is 2.24 bits per heavy atom. The molecule has 0 radical (unpaired) electrons. The van der Waals surface area contributed by atoms with Gasteiger partial charge in [-0.15, -0.1) is 0 Å². The molecule has 0 spiro atoms. The fourth-order valence-corrected chi connectivity index (χ4v) is 2.45. The number of aryl methyl sites for hydroxylation is 1. The van der Waals surface area contributed by atoms with Crippen molar-refractivity contribution in [3.05, 3.63) is 34.9 Å². The molecule has 1 aromatic carbocycles. The van der Waals surface area contributed by atoms with Gasteiger partial charge in [-0.05, 0) is 37.3 Å². The Morgan fingerprint density at radius 1 is 1.53 bits per heavy atom. The van der Waals surface area contributed by atoms with Gasteiger partial charge in [0.15, 0.2) is 0 Å².